The van der Waals surface area contributed by atoms with Gasteiger partial charge in [0.1, 0.15) is 0 Å². The van der Waals surface area contributed by atoms with Crippen molar-refractivity contribution in [2.45, 2.75) is 38.1 Å². The van der Waals surface area contributed by atoms with Crippen LogP contribution in [0.3, 0.4) is 0 Å². The minimum atomic E-state index is 0.297. The maximum atomic E-state index is 9.44. The largest absolute Gasteiger partial charge is 0.395 e. The van der Waals surface area contributed by atoms with Crippen molar-refractivity contribution in [3.63, 3.8) is 0 Å². The molecule has 4 nitrogen and oxygen atoms in total. The normalized spacial score (nSPS) is 22.6. The van der Waals surface area contributed by atoms with Gasteiger partial charge in [-0.3, -0.25) is 9.58 Å². The molecule has 1 N–H and O–H groups in total. The maximum Gasteiger partial charge on any atom is 0.0586 e. The summed E-state index contributed by atoms with van der Waals surface area (Å²) in [5.41, 5.74) is 1.27. The van der Waals surface area contributed by atoms with Crippen LogP contribution in [0.25, 0.3) is 0 Å². The Labute approximate surface area is 103 Å². The summed E-state index contributed by atoms with van der Waals surface area (Å²) in [7, 11) is 1.99. The highest BCUT2D eigenvalue weighted by Gasteiger charge is 2.19. The molecular formula is C13H23N3O. The molecule has 0 amide bonds. The minimum Gasteiger partial charge on any atom is -0.395 e. The predicted molar refractivity (Wildman–Crippen MR) is 67.8 cm³/mol. The van der Waals surface area contributed by atoms with Gasteiger partial charge in [0.25, 0.3) is 0 Å². The average molecular weight is 237 g/mol. The van der Waals surface area contributed by atoms with E-state index in [0.29, 0.717) is 12.6 Å². The first-order valence-electron chi connectivity index (χ1n) is 6.63. The molecule has 0 aromatic carbocycles. The molecular weight excluding hydrogens is 214 g/mol. The smallest absolute Gasteiger partial charge is 0.0586 e. The van der Waals surface area contributed by atoms with Crippen LogP contribution in [-0.4, -0.2) is 45.5 Å². The zero-order chi connectivity index (χ0) is 12.1. The van der Waals surface area contributed by atoms with Gasteiger partial charge < -0.3 is 5.11 Å². The lowest BCUT2D eigenvalue weighted by atomic mass is 10.1. The van der Waals surface area contributed by atoms with E-state index in [0.717, 1.165) is 25.9 Å². The monoisotopic (exact) mass is 237 g/mol. The van der Waals surface area contributed by atoms with Gasteiger partial charge in [-0.2, -0.15) is 5.10 Å². The summed E-state index contributed by atoms with van der Waals surface area (Å²) in [5, 5.41) is 13.6. The second-order valence-electron chi connectivity index (χ2n) is 4.92. The fourth-order valence-corrected chi connectivity index (χ4v) is 2.64. The van der Waals surface area contributed by atoms with E-state index in [9.17, 15) is 5.11 Å². The van der Waals surface area contributed by atoms with Crippen molar-refractivity contribution >= 4 is 0 Å². The molecule has 0 spiro atoms. The van der Waals surface area contributed by atoms with Gasteiger partial charge in [-0.25, -0.2) is 0 Å². The number of hydrogen-bond donors (Lipinski definition) is 1. The topological polar surface area (TPSA) is 41.3 Å². The minimum absolute atomic E-state index is 0.297. The Morgan fingerprint density at radius 1 is 1.41 bits per heavy atom. The van der Waals surface area contributed by atoms with E-state index in [-0.39, 0.29) is 0 Å². The Bertz CT molecular complexity index is 337. The van der Waals surface area contributed by atoms with Crippen LogP contribution in [0.1, 0.15) is 31.4 Å². The molecule has 0 radical (unpaired) electrons. The van der Waals surface area contributed by atoms with Gasteiger partial charge in [-0.1, -0.05) is 12.8 Å². The van der Waals surface area contributed by atoms with E-state index in [1.54, 1.807) is 0 Å². The molecule has 1 fully saturated rings. The summed E-state index contributed by atoms with van der Waals surface area (Å²) in [6.07, 6.45) is 7.84. The maximum absolute atomic E-state index is 9.44. The number of aryl methyl sites for hydroxylation is 1. The second kappa shape index (κ2) is 6.17. The van der Waals surface area contributed by atoms with Crippen LogP contribution in [0, 0.1) is 0 Å². The molecule has 0 bridgehead atoms. The second-order valence-corrected chi connectivity index (χ2v) is 4.92. The van der Waals surface area contributed by atoms with Crippen molar-refractivity contribution < 1.29 is 5.11 Å². The number of aliphatic hydroxyl groups excluding tert-OH is 1. The highest BCUT2D eigenvalue weighted by atomic mass is 16.3. The zero-order valence-electron chi connectivity index (χ0n) is 10.7. The van der Waals surface area contributed by atoms with E-state index < -0.39 is 0 Å². The van der Waals surface area contributed by atoms with Gasteiger partial charge in [0, 0.05) is 37.9 Å². The Morgan fingerprint density at radius 2 is 2.29 bits per heavy atom. The van der Waals surface area contributed by atoms with Crippen LogP contribution in [0.4, 0.5) is 0 Å². The molecule has 4 heteroatoms. The van der Waals surface area contributed by atoms with Crippen LogP contribution in [0.5, 0.6) is 0 Å². The summed E-state index contributed by atoms with van der Waals surface area (Å²) in [5.74, 6) is 0. The molecule has 17 heavy (non-hydrogen) atoms. The standard InChI is InChI=1S/C13H23N3O/c1-15-12(6-8-14-15)7-10-16-9-4-2-3-5-13(16)11-17/h6,8,13,17H,2-5,7,9-11H2,1H3. The molecule has 1 unspecified atom stereocenters. The number of aliphatic hydroxyl groups is 1. The lowest BCUT2D eigenvalue weighted by Gasteiger charge is -2.28. The Morgan fingerprint density at radius 3 is 3.00 bits per heavy atom. The summed E-state index contributed by atoms with van der Waals surface area (Å²) in [6.45, 7) is 2.46. The Balaban J connectivity index is 1.89. The molecule has 0 saturated carbocycles. The number of likely N-dealkylation sites (tertiary alicyclic amines) is 1. The van der Waals surface area contributed by atoms with Gasteiger partial charge in [0.15, 0.2) is 0 Å². The van der Waals surface area contributed by atoms with Crippen molar-refractivity contribution in [3.8, 4) is 0 Å². The summed E-state index contributed by atoms with van der Waals surface area (Å²) < 4.78 is 1.94. The SMILES string of the molecule is Cn1nccc1CCN1CCCCCC1CO. The number of aromatic nitrogens is 2. The van der Waals surface area contributed by atoms with E-state index in [1.165, 1.54) is 25.0 Å². The van der Waals surface area contributed by atoms with E-state index >= 15 is 0 Å². The van der Waals surface area contributed by atoms with Gasteiger partial charge in [0.05, 0.1) is 6.61 Å². The first-order chi connectivity index (χ1) is 8.31. The van der Waals surface area contributed by atoms with Gasteiger partial charge in [0.2, 0.25) is 0 Å². The van der Waals surface area contributed by atoms with Crippen LogP contribution in [0.15, 0.2) is 12.3 Å². The molecule has 1 saturated heterocycles. The van der Waals surface area contributed by atoms with E-state index in [1.807, 2.05) is 17.9 Å². The van der Waals surface area contributed by atoms with Crippen LogP contribution < -0.4 is 0 Å². The van der Waals surface area contributed by atoms with Gasteiger partial charge in [-0.15, -0.1) is 0 Å². The van der Waals surface area contributed by atoms with Gasteiger partial charge in [-0.05, 0) is 25.5 Å². The van der Waals surface area contributed by atoms with E-state index in [2.05, 4.69) is 16.1 Å². The highest BCUT2D eigenvalue weighted by molar-refractivity contribution is 5.00. The highest BCUT2D eigenvalue weighted by Crippen LogP contribution is 2.16. The molecule has 2 rings (SSSR count). The Kier molecular flexibility index (Phi) is 4.57. The van der Waals surface area contributed by atoms with Crippen LogP contribution in [-0.2, 0) is 13.5 Å². The lowest BCUT2D eigenvalue weighted by Crippen LogP contribution is -2.39. The van der Waals surface area contributed by atoms with Gasteiger partial charge >= 0.3 is 0 Å². The summed E-state index contributed by atoms with van der Waals surface area (Å²) in [4.78, 5) is 2.44. The van der Waals surface area contributed by atoms with Crippen LogP contribution >= 0.6 is 0 Å². The quantitative estimate of drug-likeness (QED) is 0.855. The predicted octanol–water partition coefficient (Wildman–Crippen LogP) is 1.20. The number of rotatable bonds is 4. The fraction of sp³-hybridized carbons (Fsp3) is 0.769. The first kappa shape index (κ1) is 12.6. The third-order valence-corrected chi connectivity index (χ3v) is 3.79. The van der Waals surface area contributed by atoms with Crippen LogP contribution in [0.2, 0.25) is 0 Å². The third kappa shape index (κ3) is 3.30. The first-order valence-corrected chi connectivity index (χ1v) is 6.63. The molecule has 1 aliphatic heterocycles. The lowest BCUT2D eigenvalue weighted by molar-refractivity contribution is 0.125. The molecule has 0 aliphatic carbocycles. The van der Waals surface area contributed by atoms with Crippen molar-refractivity contribution in [2.75, 3.05) is 19.7 Å². The van der Waals surface area contributed by atoms with Crippen molar-refractivity contribution in [1.29, 1.82) is 0 Å². The van der Waals surface area contributed by atoms with Crippen molar-refractivity contribution in [3.05, 3.63) is 18.0 Å². The molecule has 2 heterocycles. The number of nitrogens with zero attached hydrogens (tertiary/aromatic N) is 3. The molecule has 1 aliphatic rings. The average Bonchev–Trinajstić information content (AvgIpc) is 2.63. The molecule has 1 aromatic heterocycles. The summed E-state index contributed by atoms with van der Waals surface area (Å²) in [6, 6.07) is 2.44. The summed E-state index contributed by atoms with van der Waals surface area (Å²) >= 11 is 0. The Hall–Kier alpha value is -0.870. The van der Waals surface area contributed by atoms with Crippen molar-refractivity contribution in [1.82, 2.24) is 14.7 Å². The van der Waals surface area contributed by atoms with E-state index in [4.69, 9.17) is 0 Å². The molecule has 1 aromatic rings. The third-order valence-electron chi connectivity index (χ3n) is 3.79. The fourth-order valence-electron chi connectivity index (χ4n) is 2.64. The molecule has 1 atom stereocenters. The van der Waals surface area contributed by atoms with Crippen molar-refractivity contribution in [2.24, 2.45) is 7.05 Å². The number of hydrogen-bond acceptors (Lipinski definition) is 3. The zero-order valence-corrected chi connectivity index (χ0v) is 10.7. The molecule has 96 valence electrons.